The first-order valence-corrected chi connectivity index (χ1v) is 4.68. The molecule has 1 aromatic carbocycles. The minimum absolute atomic E-state index is 0.261. The maximum absolute atomic E-state index is 13.1. The van der Waals surface area contributed by atoms with Crippen molar-refractivity contribution >= 4 is 15.9 Å². The summed E-state index contributed by atoms with van der Waals surface area (Å²) in [7, 11) is 0. The van der Waals surface area contributed by atoms with E-state index in [-0.39, 0.29) is 5.82 Å². The molecule has 0 fully saturated rings. The third kappa shape index (κ3) is 2.82. The molecule has 0 heterocycles. The predicted molar refractivity (Wildman–Crippen MR) is 53.0 cm³/mol. The molecule has 13 heavy (non-hydrogen) atoms. The first-order valence-electron chi connectivity index (χ1n) is 3.89. The summed E-state index contributed by atoms with van der Waals surface area (Å²) in [5.74, 6) is -0.261. The van der Waals surface area contributed by atoms with Gasteiger partial charge in [-0.05, 0) is 18.6 Å². The third-order valence-electron chi connectivity index (χ3n) is 1.71. The lowest BCUT2D eigenvalue weighted by atomic mass is 10.0. The molecule has 0 N–H and O–H groups in total. The summed E-state index contributed by atoms with van der Waals surface area (Å²) >= 11 is 3.22. The van der Waals surface area contributed by atoms with Gasteiger partial charge in [0.15, 0.2) is 0 Å². The van der Waals surface area contributed by atoms with Gasteiger partial charge in [0.05, 0.1) is 6.07 Å². The summed E-state index contributed by atoms with van der Waals surface area (Å²) in [6, 6.07) is 8.55. The van der Waals surface area contributed by atoms with Gasteiger partial charge in [-0.25, -0.2) is 4.39 Å². The molecule has 0 amide bonds. The number of benzene rings is 1. The summed E-state index contributed by atoms with van der Waals surface area (Å²) in [4.78, 5) is 0. The van der Waals surface area contributed by atoms with Crippen molar-refractivity contribution in [2.75, 3.05) is 0 Å². The molecule has 0 aromatic heterocycles. The molecule has 3 heteroatoms. The van der Waals surface area contributed by atoms with Crippen LogP contribution in [0.1, 0.15) is 12.5 Å². The Morgan fingerprint density at radius 3 is 2.69 bits per heavy atom. The van der Waals surface area contributed by atoms with E-state index in [9.17, 15) is 4.39 Å². The SMILES string of the molecule is CC(Br)(C#N)Cc1ccccc1F. The molecule has 0 aliphatic carbocycles. The van der Waals surface area contributed by atoms with Gasteiger partial charge in [-0.15, -0.1) is 0 Å². The fraction of sp³-hybridized carbons (Fsp3) is 0.300. The van der Waals surface area contributed by atoms with Crippen LogP contribution < -0.4 is 0 Å². The molecule has 0 aliphatic heterocycles. The van der Waals surface area contributed by atoms with Crippen LogP contribution in [0.5, 0.6) is 0 Å². The monoisotopic (exact) mass is 241 g/mol. The molecule has 0 spiro atoms. The van der Waals surface area contributed by atoms with E-state index < -0.39 is 4.32 Å². The highest BCUT2D eigenvalue weighted by Crippen LogP contribution is 2.23. The second-order valence-electron chi connectivity index (χ2n) is 3.08. The summed E-state index contributed by atoms with van der Waals surface area (Å²) in [5.41, 5.74) is 0.559. The van der Waals surface area contributed by atoms with Crippen LogP contribution in [0.25, 0.3) is 0 Å². The Hall–Kier alpha value is -0.880. The number of rotatable bonds is 2. The van der Waals surface area contributed by atoms with E-state index in [0.717, 1.165) is 0 Å². The van der Waals surface area contributed by atoms with Gasteiger partial charge in [0.25, 0.3) is 0 Å². The number of halogens is 2. The van der Waals surface area contributed by atoms with Crippen molar-refractivity contribution in [2.24, 2.45) is 0 Å². The summed E-state index contributed by atoms with van der Waals surface area (Å²) in [6.45, 7) is 1.72. The van der Waals surface area contributed by atoms with Gasteiger partial charge < -0.3 is 0 Å². The Balaban J connectivity index is 2.88. The van der Waals surface area contributed by atoms with E-state index in [4.69, 9.17) is 5.26 Å². The van der Waals surface area contributed by atoms with Gasteiger partial charge in [0.1, 0.15) is 10.1 Å². The Morgan fingerprint density at radius 1 is 1.54 bits per heavy atom. The van der Waals surface area contributed by atoms with Crippen LogP contribution in [0.2, 0.25) is 0 Å². The number of hydrogen-bond acceptors (Lipinski definition) is 1. The highest BCUT2D eigenvalue weighted by Gasteiger charge is 2.21. The molecule has 0 saturated heterocycles. The molecule has 1 nitrogen and oxygen atoms in total. The molecule has 68 valence electrons. The third-order valence-corrected chi connectivity index (χ3v) is 2.17. The maximum Gasteiger partial charge on any atom is 0.126 e. The van der Waals surface area contributed by atoms with Crippen molar-refractivity contribution in [3.05, 3.63) is 35.6 Å². The molecular formula is C10H9BrFN. The number of hydrogen-bond donors (Lipinski definition) is 0. The summed E-state index contributed by atoms with van der Waals surface area (Å²) in [5, 5.41) is 8.73. The smallest absolute Gasteiger partial charge is 0.126 e. The van der Waals surface area contributed by atoms with Crippen LogP contribution in [-0.2, 0) is 6.42 Å². The highest BCUT2D eigenvalue weighted by atomic mass is 79.9. The maximum atomic E-state index is 13.1. The standard InChI is InChI=1S/C10H9BrFN/c1-10(11,7-13)6-8-4-2-3-5-9(8)12/h2-5H,6H2,1H3. The molecule has 1 atom stereocenters. The fourth-order valence-electron chi connectivity index (χ4n) is 1.04. The quantitative estimate of drug-likeness (QED) is 0.731. The molecule has 0 saturated carbocycles. The largest absolute Gasteiger partial charge is 0.207 e. The van der Waals surface area contributed by atoms with E-state index in [1.807, 2.05) is 0 Å². The number of nitriles is 1. The minimum Gasteiger partial charge on any atom is -0.207 e. The second kappa shape index (κ2) is 3.89. The minimum atomic E-state index is -0.685. The first kappa shape index (κ1) is 10.2. The van der Waals surface area contributed by atoms with Gasteiger partial charge in [-0.1, -0.05) is 34.1 Å². The van der Waals surface area contributed by atoms with Crippen molar-refractivity contribution < 1.29 is 4.39 Å². The normalized spacial score (nSPS) is 14.6. The lowest BCUT2D eigenvalue weighted by Gasteiger charge is -2.12. The number of alkyl halides is 1. The average Bonchev–Trinajstić information content (AvgIpc) is 2.09. The van der Waals surface area contributed by atoms with Crippen LogP contribution in [0.3, 0.4) is 0 Å². The van der Waals surface area contributed by atoms with Crippen molar-refractivity contribution in [1.82, 2.24) is 0 Å². The van der Waals surface area contributed by atoms with Gasteiger partial charge in [0, 0.05) is 6.42 Å². The molecule has 1 aromatic rings. The molecular weight excluding hydrogens is 233 g/mol. The van der Waals surface area contributed by atoms with Crippen molar-refractivity contribution in [2.45, 2.75) is 17.7 Å². The fourth-order valence-corrected chi connectivity index (χ4v) is 1.34. The molecule has 1 rings (SSSR count). The lowest BCUT2D eigenvalue weighted by Crippen LogP contribution is -2.16. The van der Waals surface area contributed by atoms with Crippen LogP contribution in [0.4, 0.5) is 4.39 Å². The zero-order valence-electron chi connectivity index (χ0n) is 7.22. The second-order valence-corrected chi connectivity index (χ2v) is 4.83. The van der Waals surface area contributed by atoms with Crippen LogP contribution in [0.15, 0.2) is 24.3 Å². The van der Waals surface area contributed by atoms with Crippen LogP contribution in [0, 0.1) is 17.1 Å². The zero-order valence-corrected chi connectivity index (χ0v) is 8.81. The summed E-state index contributed by atoms with van der Waals surface area (Å²) in [6.07, 6.45) is 0.371. The van der Waals surface area contributed by atoms with E-state index in [1.54, 1.807) is 25.1 Å². The Kier molecular flexibility index (Phi) is 3.05. The topological polar surface area (TPSA) is 23.8 Å². The van der Waals surface area contributed by atoms with Crippen LogP contribution in [-0.4, -0.2) is 4.32 Å². The lowest BCUT2D eigenvalue weighted by molar-refractivity contribution is 0.602. The van der Waals surface area contributed by atoms with Crippen molar-refractivity contribution in [3.8, 4) is 6.07 Å². The molecule has 0 aliphatic rings. The Morgan fingerprint density at radius 2 is 2.15 bits per heavy atom. The van der Waals surface area contributed by atoms with Gasteiger partial charge in [-0.2, -0.15) is 5.26 Å². The van der Waals surface area contributed by atoms with Gasteiger partial charge in [-0.3, -0.25) is 0 Å². The Bertz CT molecular complexity index is 341. The van der Waals surface area contributed by atoms with Crippen molar-refractivity contribution in [1.29, 1.82) is 5.26 Å². The molecule has 1 unspecified atom stereocenters. The average molecular weight is 242 g/mol. The first-order chi connectivity index (χ1) is 6.05. The Labute approximate surface area is 85.3 Å². The number of nitrogens with zero attached hydrogens (tertiary/aromatic N) is 1. The molecule has 0 bridgehead atoms. The van der Waals surface area contributed by atoms with Crippen molar-refractivity contribution in [3.63, 3.8) is 0 Å². The molecule has 0 radical (unpaired) electrons. The zero-order chi connectivity index (χ0) is 9.90. The van der Waals surface area contributed by atoms with Crippen LogP contribution >= 0.6 is 15.9 Å². The van der Waals surface area contributed by atoms with E-state index in [2.05, 4.69) is 22.0 Å². The van der Waals surface area contributed by atoms with E-state index in [1.165, 1.54) is 6.07 Å². The van der Waals surface area contributed by atoms with Gasteiger partial charge in [0.2, 0.25) is 0 Å². The van der Waals surface area contributed by atoms with Gasteiger partial charge >= 0.3 is 0 Å². The summed E-state index contributed by atoms with van der Waals surface area (Å²) < 4.78 is 12.4. The van der Waals surface area contributed by atoms with E-state index >= 15 is 0 Å². The highest BCUT2D eigenvalue weighted by molar-refractivity contribution is 9.10. The van der Waals surface area contributed by atoms with E-state index in [0.29, 0.717) is 12.0 Å². The predicted octanol–water partition coefficient (Wildman–Crippen LogP) is 3.05.